The number of carbonyl (C=O) groups is 1. The number of nitrogens with one attached hydrogen (secondary N) is 1. The lowest BCUT2D eigenvalue weighted by atomic mass is 9.93. The Morgan fingerprint density at radius 1 is 1.33 bits per heavy atom. The Kier molecular flexibility index (Phi) is 6.50. The number of rotatable bonds is 6. The van der Waals surface area contributed by atoms with Gasteiger partial charge in [-0.15, -0.1) is 0 Å². The van der Waals surface area contributed by atoms with E-state index < -0.39 is 6.09 Å². The summed E-state index contributed by atoms with van der Waals surface area (Å²) in [6.07, 6.45) is 2.25. The molecule has 0 aliphatic carbocycles. The van der Waals surface area contributed by atoms with Crippen LogP contribution < -0.4 is 5.32 Å². The van der Waals surface area contributed by atoms with E-state index in [1.54, 1.807) is 0 Å². The van der Waals surface area contributed by atoms with E-state index in [1.165, 1.54) is 0 Å². The van der Waals surface area contributed by atoms with E-state index in [0.717, 1.165) is 38.0 Å². The fraction of sp³-hybridized carbons (Fsp3) is 0.562. The van der Waals surface area contributed by atoms with Gasteiger partial charge in [-0.05, 0) is 30.7 Å². The van der Waals surface area contributed by atoms with Gasteiger partial charge in [0.15, 0.2) is 0 Å². The van der Waals surface area contributed by atoms with Crippen LogP contribution >= 0.6 is 0 Å². The number of ether oxygens (including phenoxy) is 2. The molecule has 5 heteroatoms. The monoisotopic (exact) mass is 293 g/mol. The van der Waals surface area contributed by atoms with Gasteiger partial charge in [-0.1, -0.05) is 30.3 Å². The quantitative estimate of drug-likeness (QED) is 0.843. The predicted molar refractivity (Wildman–Crippen MR) is 78.8 cm³/mol. The molecule has 116 valence electrons. The summed E-state index contributed by atoms with van der Waals surface area (Å²) >= 11 is 0. The number of alkyl carbamates (subject to hydrolysis) is 1. The summed E-state index contributed by atoms with van der Waals surface area (Å²) in [5.41, 5.74) is 0.942. The summed E-state index contributed by atoms with van der Waals surface area (Å²) in [5, 5.41) is 12.1. The highest BCUT2D eigenvalue weighted by Gasteiger charge is 2.20. The van der Waals surface area contributed by atoms with E-state index in [4.69, 9.17) is 9.47 Å². The highest BCUT2D eigenvalue weighted by Crippen LogP contribution is 2.20. The smallest absolute Gasteiger partial charge is 0.407 e. The lowest BCUT2D eigenvalue weighted by Crippen LogP contribution is -2.39. The molecule has 0 aromatic heterocycles. The van der Waals surface area contributed by atoms with E-state index in [9.17, 15) is 9.90 Å². The Hall–Kier alpha value is -1.59. The van der Waals surface area contributed by atoms with Crippen molar-refractivity contribution in [2.75, 3.05) is 19.8 Å². The second kappa shape index (κ2) is 8.64. The van der Waals surface area contributed by atoms with Gasteiger partial charge in [0.2, 0.25) is 0 Å². The Morgan fingerprint density at radius 2 is 2.05 bits per heavy atom. The van der Waals surface area contributed by atoms with Crippen molar-refractivity contribution >= 4 is 6.09 Å². The minimum atomic E-state index is -0.482. The summed E-state index contributed by atoms with van der Waals surface area (Å²) in [5.74, 6) is 0.491. The van der Waals surface area contributed by atoms with Gasteiger partial charge in [-0.25, -0.2) is 4.79 Å². The molecule has 1 saturated heterocycles. The van der Waals surface area contributed by atoms with E-state index in [1.807, 2.05) is 30.3 Å². The molecule has 21 heavy (non-hydrogen) atoms. The second-order valence-electron chi connectivity index (χ2n) is 5.38. The van der Waals surface area contributed by atoms with Crippen molar-refractivity contribution in [1.29, 1.82) is 0 Å². The molecule has 2 N–H and O–H groups in total. The molecule has 1 amide bonds. The molecule has 0 spiro atoms. The Balaban J connectivity index is 1.71. The molecule has 0 saturated carbocycles. The van der Waals surface area contributed by atoms with Crippen LogP contribution in [0.1, 0.15) is 24.8 Å². The van der Waals surface area contributed by atoms with Crippen LogP contribution in [-0.2, 0) is 16.1 Å². The number of benzene rings is 1. The lowest BCUT2D eigenvalue weighted by Gasteiger charge is -2.26. The molecule has 1 unspecified atom stereocenters. The Bertz CT molecular complexity index is 418. The molecule has 1 aliphatic heterocycles. The fourth-order valence-corrected chi connectivity index (χ4v) is 2.50. The molecule has 0 radical (unpaired) electrons. The molecule has 0 bridgehead atoms. The zero-order chi connectivity index (χ0) is 14.9. The number of aliphatic hydroxyl groups is 1. The topological polar surface area (TPSA) is 67.8 Å². The van der Waals surface area contributed by atoms with Crippen molar-refractivity contribution in [3.05, 3.63) is 35.9 Å². The van der Waals surface area contributed by atoms with Crippen molar-refractivity contribution in [2.24, 2.45) is 5.92 Å². The highest BCUT2D eigenvalue weighted by atomic mass is 16.5. The summed E-state index contributed by atoms with van der Waals surface area (Å²) in [7, 11) is 0. The van der Waals surface area contributed by atoms with E-state index in [2.05, 4.69) is 5.32 Å². The number of aliphatic hydroxyl groups excluding tert-OH is 1. The Morgan fingerprint density at radius 3 is 2.71 bits per heavy atom. The van der Waals surface area contributed by atoms with Gasteiger partial charge in [0.25, 0.3) is 0 Å². The van der Waals surface area contributed by atoms with Gasteiger partial charge in [-0.3, -0.25) is 0 Å². The van der Waals surface area contributed by atoms with Crippen LogP contribution in [-0.4, -0.2) is 37.1 Å². The molecular formula is C16H23NO4. The first-order valence-corrected chi connectivity index (χ1v) is 7.43. The van der Waals surface area contributed by atoms with Crippen molar-refractivity contribution in [3.63, 3.8) is 0 Å². The first-order chi connectivity index (χ1) is 10.3. The average molecular weight is 293 g/mol. The van der Waals surface area contributed by atoms with Crippen molar-refractivity contribution in [2.45, 2.75) is 31.9 Å². The normalized spacial score (nSPS) is 17.2. The summed E-state index contributed by atoms with van der Waals surface area (Å²) in [6, 6.07) is 9.27. The first kappa shape index (κ1) is 15.8. The van der Waals surface area contributed by atoms with E-state index in [0.29, 0.717) is 5.92 Å². The standard InChI is InChI=1S/C16H23NO4/c18-11-15(10-13-6-8-20-9-7-13)17-16(19)21-12-14-4-2-1-3-5-14/h1-5,13,15,18H,6-12H2,(H,17,19). The lowest BCUT2D eigenvalue weighted by molar-refractivity contribution is 0.0565. The minimum absolute atomic E-state index is 0.0716. The van der Waals surface area contributed by atoms with Gasteiger partial charge in [0, 0.05) is 13.2 Å². The number of hydrogen-bond acceptors (Lipinski definition) is 4. The number of amides is 1. The van der Waals surface area contributed by atoms with Crippen molar-refractivity contribution < 1.29 is 19.4 Å². The predicted octanol–water partition coefficient (Wildman–Crippen LogP) is 2.09. The van der Waals surface area contributed by atoms with Crippen LogP contribution in [0.25, 0.3) is 0 Å². The molecule has 2 rings (SSSR count). The maximum atomic E-state index is 11.8. The summed E-state index contributed by atoms with van der Waals surface area (Å²) in [4.78, 5) is 11.8. The molecular weight excluding hydrogens is 270 g/mol. The van der Waals surface area contributed by atoms with E-state index in [-0.39, 0.29) is 19.3 Å². The van der Waals surface area contributed by atoms with Crippen LogP contribution in [0.4, 0.5) is 4.79 Å². The third-order valence-corrected chi connectivity index (χ3v) is 3.71. The number of carbonyl (C=O) groups excluding carboxylic acids is 1. The minimum Gasteiger partial charge on any atom is -0.445 e. The van der Waals surface area contributed by atoms with Gasteiger partial charge >= 0.3 is 6.09 Å². The molecule has 1 aliphatic rings. The maximum absolute atomic E-state index is 11.8. The zero-order valence-electron chi connectivity index (χ0n) is 12.2. The third kappa shape index (κ3) is 5.73. The first-order valence-electron chi connectivity index (χ1n) is 7.43. The van der Waals surface area contributed by atoms with Gasteiger partial charge in [0.1, 0.15) is 6.61 Å². The second-order valence-corrected chi connectivity index (χ2v) is 5.38. The van der Waals surface area contributed by atoms with Crippen LogP contribution in [0.5, 0.6) is 0 Å². The van der Waals surface area contributed by atoms with Gasteiger partial charge in [-0.2, -0.15) is 0 Å². The van der Waals surface area contributed by atoms with Crippen LogP contribution in [0, 0.1) is 5.92 Å². The maximum Gasteiger partial charge on any atom is 0.407 e. The van der Waals surface area contributed by atoms with Crippen molar-refractivity contribution in [1.82, 2.24) is 5.32 Å². The number of hydrogen-bond donors (Lipinski definition) is 2. The summed E-state index contributed by atoms with van der Waals surface area (Å²) < 4.78 is 10.5. The van der Waals surface area contributed by atoms with Gasteiger partial charge < -0.3 is 19.9 Å². The van der Waals surface area contributed by atoms with Crippen LogP contribution in [0.15, 0.2) is 30.3 Å². The molecule has 1 fully saturated rings. The third-order valence-electron chi connectivity index (χ3n) is 3.71. The largest absolute Gasteiger partial charge is 0.445 e. The fourth-order valence-electron chi connectivity index (χ4n) is 2.50. The van der Waals surface area contributed by atoms with Crippen molar-refractivity contribution in [3.8, 4) is 0 Å². The molecule has 5 nitrogen and oxygen atoms in total. The summed E-state index contributed by atoms with van der Waals surface area (Å²) in [6.45, 7) is 1.70. The van der Waals surface area contributed by atoms with Crippen LogP contribution in [0.2, 0.25) is 0 Å². The highest BCUT2D eigenvalue weighted by molar-refractivity contribution is 5.67. The zero-order valence-corrected chi connectivity index (χ0v) is 12.2. The average Bonchev–Trinajstić information content (AvgIpc) is 2.54. The molecule has 1 aromatic carbocycles. The molecule has 1 heterocycles. The van der Waals surface area contributed by atoms with Gasteiger partial charge in [0.05, 0.1) is 12.6 Å². The SMILES string of the molecule is O=C(NC(CO)CC1CCOCC1)OCc1ccccc1. The Labute approximate surface area is 125 Å². The van der Waals surface area contributed by atoms with Crippen LogP contribution in [0.3, 0.4) is 0 Å². The molecule has 1 atom stereocenters. The van der Waals surface area contributed by atoms with E-state index >= 15 is 0 Å². The molecule has 1 aromatic rings.